The Morgan fingerprint density at radius 3 is 2.47 bits per heavy atom. The van der Waals surface area contributed by atoms with Gasteiger partial charge in [0.1, 0.15) is 0 Å². The van der Waals surface area contributed by atoms with Crippen LogP contribution in [0.2, 0.25) is 0 Å². The first-order valence-electron chi connectivity index (χ1n) is 4.90. The highest BCUT2D eigenvalue weighted by Gasteiger charge is 2.44. The number of likely N-dealkylation sites (tertiary alicyclic amines) is 1. The number of rotatable bonds is 3. The van der Waals surface area contributed by atoms with Crippen LogP contribution in [0.4, 0.5) is 0 Å². The number of hydrogen-bond acceptors (Lipinski definition) is 3. The minimum absolute atomic E-state index is 0.123. The van der Waals surface area contributed by atoms with Crippen molar-refractivity contribution in [1.29, 1.82) is 0 Å². The summed E-state index contributed by atoms with van der Waals surface area (Å²) in [6.07, 6.45) is 0.274. The van der Waals surface area contributed by atoms with Crippen molar-refractivity contribution in [3.63, 3.8) is 0 Å². The lowest BCUT2D eigenvalue weighted by Gasteiger charge is -2.20. The summed E-state index contributed by atoms with van der Waals surface area (Å²) in [6, 6.07) is 0. The molecule has 4 nitrogen and oxygen atoms in total. The Labute approximate surface area is 94.8 Å². The molecule has 15 heavy (non-hydrogen) atoms. The van der Waals surface area contributed by atoms with Crippen LogP contribution >= 0.6 is 12.2 Å². The van der Waals surface area contributed by atoms with Crippen LogP contribution in [0.5, 0.6) is 0 Å². The van der Waals surface area contributed by atoms with Crippen LogP contribution in [0, 0.1) is 11.3 Å². The third kappa shape index (κ3) is 2.34. The summed E-state index contributed by atoms with van der Waals surface area (Å²) in [4.78, 5) is 25.0. The third-order valence-electron chi connectivity index (χ3n) is 2.66. The van der Waals surface area contributed by atoms with E-state index in [4.69, 9.17) is 18.0 Å². The van der Waals surface area contributed by atoms with Gasteiger partial charge in [-0.15, -0.1) is 0 Å². The first-order valence-corrected chi connectivity index (χ1v) is 5.30. The summed E-state index contributed by atoms with van der Waals surface area (Å²) in [5.74, 6) is -0.384. The predicted octanol–water partition coefficient (Wildman–Crippen LogP) is 0.694. The molecule has 1 aliphatic rings. The van der Waals surface area contributed by atoms with Gasteiger partial charge < -0.3 is 5.73 Å². The van der Waals surface area contributed by atoms with Gasteiger partial charge in [-0.05, 0) is 0 Å². The van der Waals surface area contributed by atoms with E-state index in [-0.39, 0.29) is 24.2 Å². The minimum atomic E-state index is -0.576. The molecule has 0 aromatic rings. The molecule has 1 saturated heterocycles. The quantitative estimate of drug-likeness (QED) is 0.570. The topological polar surface area (TPSA) is 63.4 Å². The van der Waals surface area contributed by atoms with Crippen molar-refractivity contribution in [2.45, 2.75) is 27.2 Å². The first kappa shape index (κ1) is 12.1. The molecule has 0 aromatic heterocycles. The molecule has 5 heteroatoms. The molecule has 1 unspecified atom stereocenters. The van der Waals surface area contributed by atoms with Gasteiger partial charge in [0, 0.05) is 18.9 Å². The maximum Gasteiger partial charge on any atom is 0.235 e. The second-order valence-corrected chi connectivity index (χ2v) is 5.14. The molecular weight excluding hydrogens is 212 g/mol. The molecule has 0 bridgehead atoms. The molecule has 1 heterocycles. The summed E-state index contributed by atoms with van der Waals surface area (Å²) < 4.78 is 0. The monoisotopic (exact) mass is 228 g/mol. The number of thiocarbonyl (C=S) groups is 1. The minimum Gasteiger partial charge on any atom is -0.393 e. The largest absolute Gasteiger partial charge is 0.393 e. The molecule has 0 saturated carbocycles. The number of amides is 2. The first-order chi connectivity index (χ1) is 6.75. The van der Waals surface area contributed by atoms with Crippen molar-refractivity contribution in [3.8, 4) is 0 Å². The summed E-state index contributed by atoms with van der Waals surface area (Å²) in [7, 11) is 0. The number of hydrogen-bond donors (Lipinski definition) is 1. The molecule has 0 aromatic carbocycles. The standard InChI is InChI=1S/C10H16N2O2S/c1-6(8(11)15)5-12-7(13)4-10(2,3)9(12)14/h6H,4-5H2,1-3H3,(H2,11,15). The fourth-order valence-corrected chi connectivity index (χ4v) is 1.65. The van der Waals surface area contributed by atoms with E-state index < -0.39 is 5.41 Å². The van der Waals surface area contributed by atoms with E-state index in [1.54, 1.807) is 13.8 Å². The number of nitrogens with zero attached hydrogens (tertiary/aromatic N) is 1. The van der Waals surface area contributed by atoms with Crippen molar-refractivity contribution in [1.82, 2.24) is 4.90 Å². The molecule has 1 rings (SSSR count). The number of nitrogens with two attached hydrogens (primary N) is 1. The normalized spacial score (nSPS) is 21.9. The SMILES string of the molecule is CC(CN1C(=O)CC(C)(C)C1=O)C(N)=S. The Morgan fingerprint density at radius 2 is 2.13 bits per heavy atom. The fourth-order valence-electron chi connectivity index (χ4n) is 1.58. The smallest absolute Gasteiger partial charge is 0.235 e. The maximum atomic E-state index is 11.8. The highest BCUT2D eigenvalue weighted by Crippen LogP contribution is 2.31. The number of carbonyl (C=O) groups is 2. The molecule has 2 amide bonds. The van der Waals surface area contributed by atoms with E-state index in [0.29, 0.717) is 11.5 Å². The lowest BCUT2D eigenvalue weighted by Crippen LogP contribution is -2.39. The second-order valence-electron chi connectivity index (χ2n) is 4.67. The van der Waals surface area contributed by atoms with Crippen LogP contribution in [0.25, 0.3) is 0 Å². The van der Waals surface area contributed by atoms with Crippen LogP contribution in [0.15, 0.2) is 0 Å². The van der Waals surface area contributed by atoms with Gasteiger partial charge in [0.15, 0.2) is 0 Å². The van der Waals surface area contributed by atoms with Crippen LogP contribution in [0.3, 0.4) is 0 Å². The van der Waals surface area contributed by atoms with Crippen molar-refractivity contribution >= 4 is 29.0 Å². The summed E-state index contributed by atoms with van der Waals surface area (Å²) in [5.41, 5.74) is 4.88. The zero-order valence-electron chi connectivity index (χ0n) is 9.24. The van der Waals surface area contributed by atoms with Gasteiger partial charge in [0.25, 0.3) is 0 Å². The van der Waals surface area contributed by atoms with E-state index >= 15 is 0 Å². The lowest BCUT2D eigenvalue weighted by molar-refractivity contribution is -0.141. The van der Waals surface area contributed by atoms with Crippen molar-refractivity contribution in [3.05, 3.63) is 0 Å². The molecule has 1 atom stereocenters. The van der Waals surface area contributed by atoms with Gasteiger partial charge >= 0.3 is 0 Å². The third-order valence-corrected chi connectivity index (χ3v) is 3.06. The van der Waals surface area contributed by atoms with Crippen molar-refractivity contribution < 1.29 is 9.59 Å². The molecule has 84 valence electrons. The Balaban J connectivity index is 2.76. The van der Waals surface area contributed by atoms with Crippen LogP contribution in [0.1, 0.15) is 27.2 Å². The Hall–Kier alpha value is -0.970. The van der Waals surface area contributed by atoms with Gasteiger partial charge in [-0.2, -0.15) is 0 Å². The molecule has 0 aliphatic carbocycles. The van der Waals surface area contributed by atoms with E-state index in [0.717, 1.165) is 0 Å². The van der Waals surface area contributed by atoms with Gasteiger partial charge in [-0.25, -0.2) is 0 Å². The molecule has 0 radical (unpaired) electrons. The zero-order valence-corrected chi connectivity index (χ0v) is 10.1. The van der Waals surface area contributed by atoms with Gasteiger partial charge in [0.05, 0.1) is 10.4 Å². The van der Waals surface area contributed by atoms with Crippen molar-refractivity contribution in [2.24, 2.45) is 17.1 Å². The van der Waals surface area contributed by atoms with Gasteiger partial charge in [-0.3, -0.25) is 14.5 Å². The Bertz CT molecular complexity index is 325. The Kier molecular flexibility index (Phi) is 3.13. The van der Waals surface area contributed by atoms with Crippen LogP contribution in [-0.2, 0) is 9.59 Å². The van der Waals surface area contributed by atoms with E-state index in [9.17, 15) is 9.59 Å². The zero-order chi connectivity index (χ0) is 11.8. The molecular formula is C10H16N2O2S. The highest BCUT2D eigenvalue weighted by atomic mass is 32.1. The lowest BCUT2D eigenvalue weighted by atomic mass is 9.92. The summed E-state index contributed by atoms with van der Waals surface area (Å²) in [6.45, 7) is 5.67. The number of carbonyl (C=O) groups excluding carboxylic acids is 2. The molecule has 0 spiro atoms. The molecule has 2 N–H and O–H groups in total. The van der Waals surface area contributed by atoms with Gasteiger partial charge in [0.2, 0.25) is 11.8 Å². The maximum absolute atomic E-state index is 11.8. The van der Waals surface area contributed by atoms with E-state index in [2.05, 4.69) is 0 Å². The van der Waals surface area contributed by atoms with E-state index in [1.165, 1.54) is 4.90 Å². The highest BCUT2D eigenvalue weighted by molar-refractivity contribution is 7.80. The number of imide groups is 1. The summed E-state index contributed by atoms with van der Waals surface area (Å²) in [5, 5.41) is 0. The van der Waals surface area contributed by atoms with Gasteiger partial charge in [-0.1, -0.05) is 33.0 Å². The molecule has 1 aliphatic heterocycles. The predicted molar refractivity (Wildman–Crippen MR) is 61.1 cm³/mol. The Morgan fingerprint density at radius 1 is 1.60 bits per heavy atom. The van der Waals surface area contributed by atoms with E-state index in [1.807, 2.05) is 6.92 Å². The fraction of sp³-hybridized carbons (Fsp3) is 0.700. The second kappa shape index (κ2) is 3.89. The average molecular weight is 228 g/mol. The summed E-state index contributed by atoms with van der Waals surface area (Å²) >= 11 is 4.82. The molecule has 1 fully saturated rings. The van der Waals surface area contributed by atoms with Crippen LogP contribution in [-0.4, -0.2) is 28.2 Å². The average Bonchev–Trinajstić information content (AvgIpc) is 2.27. The van der Waals surface area contributed by atoms with Crippen molar-refractivity contribution in [2.75, 3.05) is 6.54 Å². The van der Waals surface area contributed by atoms with Crippen LogP contribution < -0.4 is 5.73 Å².